The summed E-state index contributed by atoms with van der Waals surface area (Å²) in [5, 5.41) is 49.2. The van der Waals surface area contributed by atoms with Gasteiger partial charge in [0.1, 0.15) is 0 Å². The second kappa shape index (κ2) is 16.2. The zero-order valence-electron chi connectivity index (χ0n) is 13.5. The first-order valence-electron chi connectivity index (χ1n) is 7.20. The van der Waals surface area contributed by atoms with Crippen LogP contribution in [0.4, 0.5) is 0 Å². The first-order chi connectivity index (χ1) is 9.96. The highest BCUT2D eigenvalue weighted by molar-refractivity contribution is 5.67. The summed E-state index contributed by atoms with van der Waals surface area (Å²) in [4.78, 5) is 19.8. The number of carboxylic acid groups (broad SMARTS) is 2. The van der Waals surface area contributed by atoms with E-state index in [9.17, 15) is 9.59 Å². The van der Waals surface area contributed by atoms with E-state index in [1.807, 2.05) is 6.92 Å². The third-order valence-electron chi connectivity index (χ3n) is 2.25. The molecular formula is C14H30O8. The summed E-state index contributed by atoms with van der Waals surface area (Å²) >= 11 is 0. The quantitative estimate of drug-likeness (QED) is 0.284. The van der Waals surface area contributed by atoms with Gasteiger partial charge < -0.3 is 30.6 Å². The van der Waals surface area contributed by atoms with Crippen molar-refractivity contribution in [1.82, 2.24) is 0 Å². The molecule has 134 valence electrons. The predicted molar refractivity (Wildman–Crippen MR) is 80.0 cm³/mol. The summed E-state index contributed by atoms with van der Waals surface area (Å²) in [6, 6.07) is 0. The Balaban J connectivity index is -0.000000261. The van der Waals surface area contributed by atoms with Crippen molar-refractivity contribution in [2.24, 2.45) is 0 Å². The van der Waals surface area contributed by atoms with Gasteiger partial charge in [-0.2, -0.15) is 0 Å². The van der Waals surface area contributed by atoms with Crippen LogP contribution in [0, 0.1) is 0 Å². The Morgan fingerprint density at radius 2 is 1.27 bits per heavy atom. The van der Waals surface area contributed by atoms with Gasteiger partial charge in [0.15, 0.2) is 12.1 Å². The molecule has 8 nitrogen and oxygen atoms in total. The van der Waals surface area contributed by atoms with E-state index in [2.05, 4.69) is 0 Å². The Bertz CT molecular complexity index is 255. The lowest BCUT2D eigenvalue weighted by Crippen LogP contribution is -2.20. The average molecular weight is 326 g/mol. The van der Waals surface area contributed by atoms with Crippen LogP contribution in [0.15, 0.2) is 0 Å². The van der Waals surface area contributed by atoms with Gasteiger partial charge in [0.05, 0.1) is 0 Å². The molecule has 0 heterocycles. The molecule has 0 bridgehead atoms. The fourth-order valence-electron chi connectivity index (χ4n) is 0.811. The molecule has 0 spiro atoms. The zero-order chi connectivity index (χ0) is 18.2. The molecule has 8 heteroatoms. The SMILES string of the molecule is CCC(C)(O)O.CCCC(O)O.O=C(O)CCCCC(=O)O. The van der Waals surface area contributed by atoms with E-state index in [-0.39, 0.29) is 12.8 Å². The topological polar surface area (TPSA) is 156 Å². The van der Waals surface area contributed by atoms with Gasteiger partial charge >= 0.3 is 11.9 Å². The van der Waals surface area contributed by atoms with Crippen molar-refractivity contribution in [3.05, 3.63) is 0 Å². The minimum atomic E-state index is -1.46. The maximum absolute atomic E-state index is 9.90. The van der Waals surface area contributed by atoms with Crippen LogP contribution in [0.25, 0.3) is 0 Å². The van der Waals surface area contributed by atoms with E-state index in [1.54, 1.807) is 6.92 Å². The van der Waals surface area contributed by atoms with Crippen LogP contribution in [-0.2, 0) is 9.59 Å². The zero-order valence-corrected chi connectivity index (χ0v) is 13.5. The van der Waals surface area contributed by atoms with Crippen molar-refractivity contribution in [2.45, 2.75) is 77.8 Å². The maximum atomic E-state index is 9.90. The van der Waals surface area contributed by atoms with Gasteiger partial charge in [-0.1, -0.05) is 20.3 Å². The molecule has 0 aromatic carbocycles. The third kappa shape index (κ3) is 42.8. The minimum Gasteiger partial charge on any atom is -0.481 e. The van der Waals surface area contributed by atoms with Crippen molar-refractivity contribution in [3.8, 4) is 0 Å². The lowest BCUT2D eigenvalue weighted by molar-refractivity contribution is -0.145. The second-order valence-corrected chi connectivity index (χ2v) is 4.83. The molecule has 0 atom stereocenters. The van der Waals surface area contributed by atoms with Crippen LogP contribution in [0.3, 0.4) is 0 Å². The van der Waals surface area contributed by atoms with Crippen LogP contribution < -0.4 is 0 Å². The molecule has 0 saturated heterocycles. The van der Waals surface area contributed by atoms with Gasteiger partial charge in [0.2, 0.25) is 0 Å². The largest absolute Gasteiger partial charge is 0.481 e. The van der Waals surface area contributed by atoms with Gasteiger partial charge in [-0.3, -0.25) is 9.59 Å². The van der Waals surface area contributed by atoms with Crippen molar-refractivity contribution >= 4 is 11.9 Å². The molecule has 0 aliphatic heterocycles. The molecule has 0 radical (unpaired) electrons. The highest BCUT2D eigenvalue weighted by Crippen LogP contribution is 1.99. The number of hydrogen-bond acceptors (Lipinski definition) is 6. The molecule has 22 heavy (non-hydrogen) atoms. The van der Waals surface area contributed by atoms with E-state index in [0.717, 1.165) is 6.42 Å². The van der Waals surface area contributed by atoms with E-state index in [4.69, 9.17) is 30.6 Å². The second-order valence-electron chi connectivity index (χ2n) is 4.83. The number of unbranched alkanes of at least 4 members (excludes halogenated alkanes) is 1. The summed E-state index contributed by atoms with van der Waals surface area (Å²) in [5.41, 5.74) is 0. The minimum absolute atomic E-state index is 0.0628. The van der Waals surface area contributed by atoms with Gasteiger partial charge in [-0.05, 0) is 32.6 Å². The van der Waals surface area contributed by atoms with Crippen molar-refractivity contribution in [3.63, 3.8) is 0 Å². The summed E-state index contributed by atoms with van der Waals surface area (Å²) in [7, 11) is 0. The van der Waals surface area contributed by atoms with Gasteiger partial charge in [0, 0.05) is 12.8 Å². The van der Waals surface area contributed by atoms with Gasteiger partial charge in [0.25, 0.3) is 0 Å². The molecule has 0 aliphatic rings. The maximum Gasteiger partial charge on any atom is 0.303 e. The van der Waals surface area contributed by atoms with Gasteiger partial charge in [-0.15, -0.1) is 0 Å². The predicted octanol–water partition coefficient (Wildman–Crippen LogP) is 0.910. The Labute approximate surface area is 131 Å². The van der Waals surface area contributed by atoms with Crippen LogP contribution in [0.1, 0.15) is 65.7 Å². The van der Waals surface area contributed by atoms with Gasteiger partial charge in [-0.25, -0.2) is 0 Å². The molecule has 6 N–H and O–H groups in total. The number of rotatable bonds is 8. The summed E-state index contributed by atoms with van der Waals surface area (Å²) < 4.78 is 0. The smallest absolute Gasteiger partial charge is 0.303 e. The number of carbonyl (C=O) groups is 2. The lowest BCUT2D eigenvalue weighted by atomic mass is 10.2. The Hall–Kier alpha value is -1.22. The number of aliphatic hydroxyl groups is 4. The molecule has 0 aliphatic carbocycles. The number of aliphatic carboxylic acids is 2. The highest BCUT2D eigenvalue weighted by Gasteiger charge is 2.08. The van der Waals surface area contributed by atoms with Crippen molar-refractivity contribution in [1.29, 1.82) is 0 Å². The van der Waals surface area contributed by atoms with E-state index < -0.39 is 24.0 Å². The molecule has 0 rings (SSSR count). The van der Waals surface area contributed by atoms with Crippen molar-refractivity contribution < 1.29 is 40.2 Å². The van der Waals surface area contributed by atoms with E-state index >= 15 is 0 Å². The summed E-state index contributed by atoms with van der Waals surface area (Å²) in [5.74, 6) is -3.20. The van der Waals surface area contributed by atoms with E-state index in [0.29, 0.717) is 25.7 Å². The molecule has 0 aromatic rings. The Morgan fingerprint density at radius 3 is 1.36 bits per heavy atom. The summed E-state index contributed by atoms with van der Waals surface area (Å²) in [6.07, 6.45) is 1.61. The normalized spacial score (nSPS) is 10.2. The number of aliphatic hydroxyl groups excluding tert-OH is 1. The first kappa shape index (κ1) is 25.7. The monoisotopic (exact) mass is 326 g/mol. The Morgan fingerprint density at radius 1 is 0.955 bits per heavy atom. The Kier molecular flexibility index (Phi) is 18.9. The molecule has 0 unspecified atom stereocenters. The molecule has 0 amide bonds. The van der Waals surface area contributed by atoms with Crippen LogP contribution in [0.2, 0.25) is 0 Å². The fraction of sp³-hybridized carbons (Fsp3) is 0.857. The standard InChI is InChI=1S/C6H10O4.2C4H10O2/c7-5(8)3-1-2-4-6(9)10;1-3-4(2,5)6;1-2-3-4(5)6/h1-4H2,(H,7,8)(H,9,10);5-6H,3H2,1-2H3;4-6H,2-3H2,1H3. The van der Waals surface area contributed by atoms with Crippen molar-refractivity contribution in [2.75, 3.05) is 0 Å². The number of carboxylic acids is 2. The molecule has 0 aromatic heterocycles. The van der Waals surface area contributed by atoms with Crippen LogP contribution in [-0.4, -0.2) is 54.7 Å². The number of hydrogen-bond donors (Lipinski definition) is 6. The molecule has 0 fully saturated rings. The fourth-order valence-corrected chi connectivity index (χ4v) is 0.811. The van der Waals surface area contributed by atoms with Crippen LogP contribution in [0.5, 0.6) is 0 Å². The van der Waals surface area contributed by atoms with Crippen LogP contribution >= 0.6 is 0 Å². The highest BCUT2D eigenvalue weighted by atomic mass is 16.5. The summed E-state index contributed by atoms with van der Waals surface area (Å²) in [6.45, 7) is 4.96. The lowest BCUT2D eigenvalue weighted by Gasteiger charge is -2.10. The molecular weight excluding hydrogens is 296 g/mol. The molecule has 0 saturated carbocycles. The van der Waals surface area contributed by atoms with E-state index in [1.165, 1.54) is 6.92 Å². The first-order valence-corrected chi connectivity index (χ1v) is 7.20. The third-order valence-corrected chi connectivity index (χ3v) is 2.25. The average Bonchev–Trinajstić information content (AvgIpc) is 2.35.